The van der Waals surface area contributed by atoms with Gasteiger partial charge >= 0.3 is 0 Å². The third-order valence-electron chi connectivity index (χ3n) is 4.61. The van der Waals surface area contributed by atoms with Gasteiger partial charge in [0.25, 0.3) is 0 Å². The minimum atomic E-state index is -0.871. The molecule has 0 aliphatic heterocycles. The van der Waals surface area contributed by atoms with E-state index in [2.05, 4.69) is 6.92 Å². The smallest absolute Gasteiger partial charge is 0.131 e. The highest BCUT2D eigenvalue weighted by Gasteiger charge is 2.30. The Morgan fingerprint density at radius 2 is 1.77 bits per heavy atom. The molecule has 2 unspecified atom stereocenters. The molecule has 1 aliphatic rings. The summed E-state index contributed by atoms with van der Waals surface area (Å²) in [6, 6.07) is 12.2. The van der Waals surface area contributed by atoms with Crippen molar-refractivity contribution in [3.63, 3.8) is 0 Å². The molecular formula is C19H19ClF2. The van der Waals surface area contributed by atoms with Crippen LogP contribution in [0.4, 0.5) is 8.78 Å². The van der Waals surface area contributed by atoms with Crippen LogP contribution in [-0.2, 0) is 0 Å². The number of hydrogen-bond donors (Lipinski definition) is 0. The topological polar surface area (TPSA) is 0 Å². The number of hydrogen-bond acceptors (Lipinski definition) is 0. The van der Waals surface area contributed by atoms with Gasteiger partial charge < -0.3 is 0 Å². The molecule has 1 saturated carbocycles. The predicted octanol–water partition coefficient (Wildman–Crippen LogP) is 6.39. The lowest BCUT2D eigenvalue weighted by molar-refractivity contribution is 0.177. The Bertz CT molecular complexity index is 651. The van der Waals surface area contributed by atoms with Crippen LogP contribution in [0, 0.1) is 11.7 Å². The highest BCUT2D eigenvalue weighted by atomic mass is 35.5. The maximum absolute atomic E-state index is 14.4. The lowest BCUT2D eigenvalue weighted by Gasteiger charge is -2.30. The average Bonchev–Trinajstić information content (AvgIpc) is 2.48. The molecule has 0 N–H and O–H groups in total. The van der Waals surface area contributed by atoms with E-state index in [4.69, 9.17) is 11.6 Å². The lowest BCUT2D eigenvalue weighted by atomic mass is 9.78. The highest BCUT2D eigenvalue weighted by molar-refractivity contribution is 6.30. The summed E-state index contributed by atoms with van der Waals surface area (Å²) in [7, 11) is 0. The third kappa shape index (κ3) is 3.17. The second kappa shape index (κ2) is 6.37. The number of halogens is 3. The quantitative estimate of drug-likeness (QED) is 0.601. The van der Waals surface area contributed by atoms with Crippen molar-refractivity contribution in [3.8, 4) is 11.1 Å². The first-order valence-electron chi connectivity index (χ1n) is 7.74. The van der Waals surface area contributed by atoms with Crippen LogP contribution in [-0.4, -0.2) is 6.17 Å². The first kappa shape index (κ1) is 15.5. The minimum absolute atomic E-state index is 0.176. The maximum atomic E-state index is 14.4. The van der Waals surface area contributed by atoms with E-state index in [1.165, 1.54) is 6.07 Å². The Labute approximate surface area is 135 Å². The first-order valence-corrected chi connectivity index (χ1v) is 8.12. The highest BCUT2D eigenvalue weighted by Crippen LogP contribution is 2.39. The molecule has 22 heavy (non-hydrogen) atoms. The SMILES string of the molecule is CC1CC[C@@H](c2ccc(-c3ccc(Cl)cc3)c(F)c2)C(F)C1. The van der Waals surface area contributed by atoms with Crippen molar-refractivity contribution in [3.05, 3.63) is 58.9 Å². The fourth-order valence-electron chi connectivity index (χ4n) is 3.31. The van der Waals surface area contributed by atoms with Gasteiger partial charge in [-0.05, 0) is 54.5 Å². The molecule has 116 valence electrons. The largest absolute Gasteiger partial charge is 0.247 e. The summed E-state index contributed by atoms with van der Waals surface area (Å²) in [5, 5.41) is 0.623. The molecule has 2 aromatic rings. The Balaban J connectivity index is 1.87. The molecule has 3 rings (SSSR count). The molecular weight excluding hydrogens is 302 g/mol. The summed E-state index contributed by atoms with van der Waals surface area (Å²) in [4.78, 5) is 0. The fraction of sp³-hybridized carbons (Fsp3) is 0.368. The van der Waals surface area contributed by atoms with E-state index in [0.717, 1.165) is 24.0 Å². The Hall–Kier alpha value is -1.41. The molecule has 0 heterocycles. The van der Waals surface area contributed by atoms with Crippen molar-refractivity contribution >= 4 is 11.6 Å². The first-order chi connectivity index (χ1) is 10.5. The zero-order valence-electron chi connectivity index (χ0n) is 12.5. The predicted molar refractivity (Wildman–Crippen MR) is 87.5 cm³/mol. The second-order valence-electron chi connectivity index (χ2n) is 6.29. The zero-order chi connectivity index (χ0) is 15.7. The van der Waals surface area contributed by atoms with E-state index in [1.807, 2.05) is 6.07 Å². The zero-order valence-corrected chi connectivity index (χ0v) is 13.3. The standard InChI is InChI=1S/C19H19ClF2/c1-12-2-8-17(18(21)10-12)14-5-9-16(19(22)11-14)13-3-6-15(20)7-4-13/h3-7,9,11-12,17-18H,2,8,10H2,1H3/t12?,17-,18?/m0/s1. The van der Waals surface area contributed by atoms with Gasteiger partial charge in [-0.3, -0.25) is 0 Å². The normalized spacial score (nSPS) is 25.2. The average molecular weight is 321 g/mol. The summed E-state index contributed by atoms with van der Waals surface area (Å²) in [6.45, 7) is 2.08. The molecule has 0 saturated heterocycles. The van der Waals surface area contributed by atoms with Crippen molar-refractivity contribution in [2.75, 3.05) is 0 Å². The van der Waals surface area contributed by atoms with Crippen LogP contribution in [0.3, 0.4) is 0 Å². The Kier molecular flexibility index (Phi) is 4.49. The Morgan fingerprint density at radius 1 is 1.05 bits per heavy atom. The third-order valence-corrected chi connectivity index (χ3v) is 4.86. The molecule has 0 spiro atoms. The van der Waals surface area contributed by atoms with Crippen LogP contribution < -0.4 is 0 Å². The summed E-state index contributed by atoms with van der Waals surface area (Å²) in [6.07, 6.45) is 1.50. The molecule has 1 fully saturated rings. The van der Waals surface area contributed by atoms with Gasteiger partial charge in [-0.25, -0.2) is 8.78 Å². The molecule has 0 radical (unpaired) electrons. The number of rotatable bonds is 2. The molecule has 3 heteroatoms. The van der Waals surface area contributed by atoms with Gasteiger partial charge in [-0.15, -0.1) is 0 Å². The van der Waals surface area contributed by atoms with Gasteiger partial charge in [0.15, 0.2) is 0 Å². The van der Waals surface area contributed by atoms with Crippen LogP contribution in [0.1, 0.15) is 37.7 Å². The van der Waals surface area contributed by atoms with E-state index in [-0.39, 0.29) is 11.7 Å². The maximum Gasteiger partial charge on any atom is 0.131 e. The van der Waals surface area contributed by atoms with Crippen molar-refractivity contribution < 1.29 is 8.78 Å². The van der Waals surface area contributed by atoms with Gasteiger partial charge in [0, 0.05) is 16.5 Å². The van der Waals surface area contributed by atoms with E-state index >= 15 is 0 Å². The van der Waals surface area contributed by atoms with Crippen LogP contribution in [0.25, 0.3) is 11.1 Å². The number of alkyl halides is 1. The van der Waals surface area contributed by atoms with Crippen LogP contribution in [0.2, 0.25) is 5.02 Å². The molecule has 0 amide bonds. The summed E-state index contributed by atoms with van der Waals surface area (Å²) >= 11 is 5.86. The summed E-state index contributed by atoms with van der Waals surface area (Å²) in [5.41, 5.74) is 2.08. The summed E-state index contributed by atoms with van der Waals surface area (Å²) in [5.74, 6) is -0.0555. The molecule has 0 aromatic heterocycles. The molecule has 1 aliphatic carbocycles. The Morgan fingerprint density at radius 3 is 2.41 bits per heavy atom. The van der Waals surface area contributed by atoms with Gasteiger partial charge in [0.05, 0.1) is 0 Å². The van der Waals surface area contributed by atoms with E-state index in [1.54, 1.807) is 30.3 Å². The molecule has 0 bridgehead atoms. The fourth-order valence-corrected chi connectivity index (χ4v) is 3.44. The van der Waals surface area contributed by atoms with Crippen molar-refractivity contribution in [1.82, 2.24) is 0 Å². The second-order valence-corrected chi connectivity index (χ2v) is 6.72. The van der Waals surface area contributed by atoms with Gasteiger partial charge in [-0.1, -0.05) is 42.8 Å². The van der Waals surface area contributed by atoms with Gasteiger partial charge in [0.1, 0.15) is 12.0 Å². The van der Waals surface area contributed by atoms with Crippen molar-refractivity contribution in [2.24, 2.45) is 5.92 Å². The number of benzene rings is 2. The monoisotopic (exact) mass is 320 g/mol. The van der Waals surface area contributed by atoms with Gasteiger partial charge in [-0.2, -0.15) is 0 Å². The molecule has 2 aromatic carbocycles. The van der Waals surface area contributed by atoms with E-state index in [9.17, 15) is 8.78 Å². The van der Waals surface area contributed by atoms with E-state index < -0.39 is 6.17 Å². The van der Waals surface area contributed by atoms with Crippen molar-refractivity contribution in [2.45, 2.75) is 38.3 Å². The van der Waals surface area contributed by atoms with Crippen LogP contribution in [0.5, 0.6) is 0 Å². The molecule has 0 nitrogen and oxygen atoms in total. The van der Waals surface area contributed by atoms with Crippen molar-refractivity contribution in [1.29, 1.82) is 0 Å². The summed E-state index contributed by atoms with van der Waals surface area (Å²) < 4.78 is 28.7. The lowest BCUT2D eigenvalue weighted by Crippen LogP contribution is -2.23. The van der Waals surface area contributed by atoms with E-state index in [0.29, 0.717) is 22.9 Å². The molecule has 3 atom stereocenters. The minimum Gasteiger partial charge on any atom is -0.247 e. The van der Waals surface area contributed by atoms with Crippen LogP contribution >= 0.6 is 11.6 Å². The van der Waals surface area contributed by atoms with Gasteiger partial charge in [0.2, 0.25) is 0 Å². The van der Waals surface area contributed by atoms with Crippen LogP contribution in [0.15, 0.2) is 42.5 Å².